The molecule has 1 aromatic heterocycles. The molecule has 0 radical (unpaired) electrons. The van der Waals surface area contributed by atoms with Crippen LogP contribution in [0.5, 0.6) is 0 Å². The summed E-state index contributed by atoms with van der Waals surface area (Å²) in [5.41, 5.74) is 6.59. The number of rotatable bonds is 3. The molecule has 0 unspecified atom stereocenters. The lowest BCUT2D eigenvalue weighted by atomic mass is 10.1. The SMILES string of the molecule is Cc1ccc(NC(=O)Cc2c(C)n(C)c3ccccc23)c(C)c1. The van der Waals surface area contributed by atoms with Crippen LogP contribution >= 0.6 is 0 Å². The van der Waals surface area contributed by atoms with Gasteiger partial charge in [0.25, 0.3) is 0 Å². The Morgan fingerprint density at radius 2 is 1.83 bits per heavy atom. The zero-order valence-electron chi connectivity index (χ0n) is 14.1. The Kier molecular flexibility index (Phi) is 3.95. The first kappa shape index (κ1) is 15.3. The van der Waals surface area contributed by atoms with Crippen LogP contribution in [-0.2, 0) is 18.3 Å². The van der Waals surface area contributed by atoms with Gasteiger partial charge in [-0.2, -0.15) is 0 Å². The number of hydrogen-bond acceptors (Lipinski definition) is 1. The average Bonchev–Trinajstić information content (AvgIpc) is 2.76. The molecule has 0 fully saturated rings. The molecule has 0 bridgehead atoms. The van der Waals surface area contributed by atoms with E-state index in [0.29, 0.717) is 6.42 Å². The predicted octanol–water partition coefficient (Wildman–Crippen LogP) is 4.28. The number of aromatic nitrogens is 1. The first-order valence-corrected chi connectivity index (χ1v) is 7.87. The highest BCUT2D eigenvalue weighted by Gasteiger charge is 2.15. The summed E-state index contributed by atoms with van der Waals surface area (Å²) >= 11 is 0. The van der Waals surface area contributed by atoms with Crippen molar-refractivity contribution in [3.63, 3.8) is 0 Å². The number of fused-ring (bicyclic) bond motifs is 1. The number of nitrogens with one attached hydrogen (secondary N) is 1. The van der Waals surface area contributed by atoms with Gasteiger partial charge in [0.05, 0.1) is 6.42 Å². The molecule has 0 spiro atoms. The first-order chi connectivity index (χ1) is 11.0. The van der Waals surface area contributed by atoms with E-state index in [1.165, 1.54) is 11.1 Å². The lowest BCUT2D eigenvalue weighted by Gasteiger charge is -2.09. The number of carbonyl (C=O) groups excluding carboxylic acids is 1. The summed E-state index contributed by atoms with van der Waals surface area (Å²) in [4.78, 5) is 12.5. The minimum Gasteiger partial charge on any atom is -0.348 e. The van der Waals surface area contributed by atoms with Crippen LogP contribution in [0.1, 0.15) is 22.4 Å². The highest BCUT2D eigenvalue weighted by Crippen LogP contribution is 2.25. The van der Waals surface area contributed by atoms with Crippen molar-refractivity contribution in [1.82, 2.24) is 4.57 Å². The van der Waals surface area contributed by atoms with E-state index in [-0.39, 0.29) is 5.91 Å². The van der Waals surface area contributed by atoms with Crippen molar-refractivity contribution in [2.45, 2.75) is 27.2 Å². The van der Waals surface area contributed by atoms with E-state index in [1.807, 2.05) is 38.2 Å². The van der Waals surface area contributed by atoms with Crippen molar-refractivity contribution in [1.29, 1.82) is 0 Å². The van der Waals surface area contributed by atoms with Crippen LogP contribution in [0, 0.1) is 20.8 Å². The topological polar surface area (TPSA) is 34.0 Å². The minimum atomic E-state index is 0.0245. The van der Waals surface area contributed by atoms with Gasteiger partial charge in [-0.25, -0.2) is 0 Å². The fourth-order valence-corrected chi connectivity index (χ4v) is 3.13. The molecule has 2 aromatic carbocycles. The summed E-state index contributed by atoms with van der Waals surface area (Å²) in [6, 6.07) is 14.3. The number of anilines is 1. The number of amides is 1. The monoisotopic (exact) mass is 306 g/mol. The fourth-order valence-electron chi connectivity index (χ4n) is 3.13. The maximum atomic E-state index is 12.5. The Morgan fingerprint density at radius 3 is 2.57 bits per heavy atom. The van der Waals surface area contributed by atoms with Crippen LogP contribution in [0.2, 0.25) is 0 Å². The summed E-state index contributed by atoms with van der Waals surface area (Å²) in [6.45, 7) is 6.14. The Bertz CT molecular complexity index is 890. The van der Waals surface area contributed by atoms with E-state index in [4.69, 9.17) is 0 Å². The molecule has 3 aromatic rings. The van der Waals surface area contributed by atoms with Crippen molar-refractivity contribution in [3.8, 4) is 0 Å². The molecule has 118 valence electrons. The molecule has 0 saturated heterocycles. The number of para-hydroxylation sites is 1. The Labute approximate surface area is 136 Å². The smallest absolute Gasteiger partial charge is 0.228 e. The standard InChI is InChI=1S/C20H22N2O/c1-13-9-10-18(14(2)11-13)21-20(23)12-17-15(3)22(4)19-8-6-5-7-16(17)19/h5-11H,12H2,1-4H3,(H,21,23). The van der Waals surface area contributed by atoms with Gasteiger partial charge in [-0.1, -0.05) is 35.9 Å². The van der Waals surface area contributed by atoms with Crippen LogP contribution in [0.15, 0.2) is 42.5 Å². The summed E-state index contributed by atoms with van der Waals surface area (Å²) < 4.78 is 2.15. The quantitative estimate of drug-likeness (QED) is 0.769. The Hall–Kier alpha value is -2.55. The van der Waals surface area contributed by atoms with E-state index in [0.717, 1.165) is 27.9 Å². The number of aryl methyl sites for hydroxylation is 3. The second-order valence-electron chi connectivity index (χ2n) is 6.18. The third-order valence-corrected chi connectivity index (χ3v) is 4.52. The summed E-state index contributed by atoms with van der Waals surface area (Å²) in [7, 11) is 2.04. The molecule has 0 saturated carbocycles. The number of carbonyl (C=O) groups is 1. The first-order valence-electron chi connectivity index (χ1n) is 7.87. The highest BCUT2D eigenvalue weighted by atomic mass is 16.1. The van der Waals surface area contributed by atoms with Crippen molar-refractivity contribution in [2.24, 2.45) is 7.05 Å². The molecule has 0 aliphatic rings. The van der Waals surface area contributed by atoms with E-state index in [2.05, 4.69) is 41.9 Å². The summed E-state index contributed by atoms with van der Waals surface area (Å²) in [6.07, 6.45) is 0.389. The number of nitrogens with zero attached hydrogens (tertiary/aromatic N) is 1. The molecule has 3 heteroatoms. The molecule has 0 atom stereocenters. The second-order valence-corrected chi connectivity index (χ2v) is 6.18. The Morgan fingerprint density at radius 1 is 1.09 bits per heavy atom. The molecule has 1 heterocycles. The third kappa shape index (κ3) is 2.87. The van der Waals surface area contributed by atoms with Crippen molar-refractivity contribution < 1.29 is 4.79 Å². The van der Waals surface area contributed by atoms with E-state index >= 15 is 0 Å². The fraction of sp³-hybridized carbons (Fsp3) is 0.250. The van der Waals surface area contributed by atoms with Crippen molar-refractivity contribution in [2.75, 3.05) is 5.32 Å². The van der Waals surface area contributed by atoms with Gasteiger partial charge in [-0.05, 0) is 44.0 Å². The van der Waals surface area contributed by atoms with Gasteiger partial charge < -0.3 is 9.88 Å². The van der Waals surface area contributed by atoms with Gasteiger partial charge in [0.15, 0.2) is 0 Å². The third-order valence-electron chi connectivity index (χ3n) is 4.52. The van der Waals surface area contributed by atoms with Crippen LogP contribution in [0.4, 0.5) is 5.69 Å². The molecule has 1 amide bonds. The van der Waals surface area contributed by atoms with Gasteiger partial charge in [0.2, 0.25) is 5.91 Å². The van der Waals surface area contributed by atoms with Crippen molar-refractivity contribution >= 4 is 22.5 Å². The summed E-state index contributed by atoms with van der Waals surface area (Å²) in [5, 5.41) is 4.19. The van der Waals surface area contributed by atoms with E-state index in [9.17, 15) is 4.79 Å². The number of hydrogen-bond donors (Lipinski definition) is 1. The maximum Gasteiger partial charge on any atom is 0.228 e. The van der Waals surface area contributed by atoms with Crippen molar-refractivity contribution in [3.05, 3.63) is 64.8 Å². The molecular formula is C20H22N2O. The van der Waals surface area contributed by atoms with E-state index in [1.54, 1.807) is 0 Å². The lowest BCUT2D eigenvalue weighted by Crippen LogP contribution is -2.15. The average molecular weight is 306 g/mol. The van der Waals surface area contributed by atoms with Gasteiger partial charge in [-0.3, -0.25) is 4.79 Å². The van der Waals surface area contributed by atoms with E-state index < -0.39 is 0 Å². The van der Waals surface area contributed by atoms with Gasteiger partial charge in [0.1, 0.15) is 0 Å². The largest absolute Gasteiger partial charge is 0.348 e. The Balaban J connectivity index is 1.87. The highest BCUT2D eigenvalue weighted by molar-refractivity contribution is 5.97. The van der Waals surface area contributed by atoms with Crippen LogP contribution in [0.3, 0.4) is 0 Å². The van der Waals surface area contributed by atoms with Gasteiger partial charge in [0, 0.05) is 29.3 Å². The zero-order valence-corrected chi connectivity index (χ0v) is 14.1. The number of benzene rings is 2. The zero-order chi connectivity index (χ0) is 16.6. The molecule has 3 nitrogen and oxygen atoms in total. The molecule has 3 rings (SSSR count). The van der Waals surface area contributed by atoms with Gasteiger partial charge in [-0.15, -0.1) is 0 Å². The van der Waals surface area contributed by atoms with Crippen LogP contribution in [0.25, 0.3) is 10.9 Å². The lowest BCUT2D eigenvalue weighted by molar-refractivity contribution is -0.115. The molecule has 23 heavy (non-hydrogen) atoms. The predicted molar refractivity (Wildman–Crippen MR) is 95.9 cm³/mol. The molecule has 1 N–H and O–H groups in total. The van der Waals surface area contributed by atoms with Crippen LogP contribution < -0.4 is 5.32 Å². The van der Waals surface area contributed by atoms with Crippen LogP contribution in [-0.4, -0.2) is 10.5 Å². The molecular weight excluding hydrogens is 284 g/mol. The maximum absolute atomic E-state index is 12.5. The van der Waals surface area contributed by atoms with Gasteiger partial charge >= 0.3 is 0 Å². The summed E-state index contributed by atoms with van der Waals surface area (Å²) in [5.74, 6) is 0.0245. The molecule has 0 aliphatic carbocycles. The minimum absolute atomic E-state index is 0.0245. The molecule has 0 aliphatic heterocycles. The normalized spacial score (nSPS) is 11.0. The second kappa shape index (κ2) is 5.92.